The average Bonchev–Trinajstić information content (AvgIpc) is 3.02. The molecule has 1 atom stereocenters. The van der Waals surface area contributed by atoms with Crippen LogP contribution in [-0.4, -0.2) is 54.1 Å². The van der Waals surface area contributed by atoms with Crippen molar-refractivity contribution in [2.24, 2.45) is 5.92 Å². The van der Waals surface area contributed by atoms with Gasteiger partial charge in [-0.2, -0.15) is 0 Å². The first kappa shape index (κ1) is 16.8. The minimum Gasteiger partial charge on any atom is -0.481 e. The summed E-state index contributed by atoms with van der Waals surface area (Å²) >= 11 is 0. The van der Waals surface area contributed by atoms with Crippen LogP contribution >= 0.6 is 0 Å². The number of likely N-dealkylation sites (tertiary alicyclic amines) is 1. The summed E-state index contributed by atoms with van der Waals surface area (Å²) in [5.74, 6) is -1.54. The smallest absolute Gasteiger partial charge is 0.317 e. The lowest BCUT2D eigenvalue weighted by atomic mass is 10.1. The van der Waals surface area contributed by atoms with Crippen molar-refractivity contribution in [1.82, 2.24) is 15.5 Å². The number of aliphatic carboxylic acids is 1. The third-order valence-corrected chi connectivity index (χ3v) is 3.83. The van der Waals surface area contributed by atoms with E-state index in [1.807, 2.05) is 19.1 Å². The van der Waals surface area contributed by atoms with Gasteiger partial charge in [-0.3, -0.25) is 9.59 Å². The maximum atomic E-state index is 11.9. The zero-order valence-corrected chi connectivity index (χ0v) is 13.0. The van der Waals surface area contributed by atoms with E-state index < -0.39 is 11.9 Å². The lowest BCUT2D eigenvalue weighted by Gasteiger charge is -2.16. The van der Waals surface area contributed by atoms with Crippen molar-refractivity contribution in [3.8, 4) is 0 Å². The molecule has 7 nitrogen and oxygen atoms in total. The van der Waals surface area contributed by atoms with Crippen molar-refractivity contribution in [3.05, 3.63) is 35.4 Å². The highest BCUT2D eigenvalue weighted by Crippen LogP contribution is 2.15. The number of carbonyl (C=O) groups excluding carboxylic acids is 2. The molecule has 7 heteroatoms. The topological polar surface area (TPSA) is 98.7 Å². The van der Waals surface area contributed by atoms with Crippen molar-refractivity contribution < 1.29 is 19.5 Å². The van der Waals surface area contributed by atoms with Gasteiger partial charge in [0.25, 0.3) is 5.91 Å². The van der Waals surface area contributed by atoms with E-state index in [0.29, 0.717) is 31.6 Å². The number of aryl methyl sites for hydroxylation is 1. The molecule has 1 aliphatic rings. The van der Waals surface area contributed by atoms with Crippen LogP contribution in [0.25, 0.3) is 0 Å². The highest BCUT2D eigenvalue weighted by Gasteiger charge is 2.30. The van der Waals surface area contributed by atoms with Gasteiger partial charge in [-0.15, -0.1) is 0 Å². The summed E-state index contributed by atoms with van der Waals surface area (Å²) in [5, 5.41) is 14.3. The molecule has 124 valence electrons. The maximum Gasteiger partial charge on any atom is 0.317 e. The summed E-state index contributed by atoms with van der Waals surface area (Å²) in [6.07, 6.45) is 0.479. The Morgan fingerprint density at radius 1 is 1.17 bits per heavy atom. The Labute approximate surface area is 134 Å². The van der Waals surface area contributed by atoms with Gasteiger partial charge in [0.05, 0.1) is 5.92 Å². The zero-order chi connectivity index (χ0) is 16.8. The molecule has 0 radical (unpaired) electrons. The fraction of sp³-hybridized carbons (Fsp3) is 0.438. The number of benzene rings is 1. The molecule has 1 heterocycles. The molecule has 1 fully saturated rings. The SMILES string of the molecule is Cc1ccc(C(=O)NCCNC(=O)N2CCC(C(=O)O)C2)cc1. The monoisotopic (exact) mass is 319 g/mol. The summed E-state index contributed by atoms with van der Waals surface area (Å²) in [5.41, 5.74) is 1.66. The number of rotatable bonds is 5. The number of urea groups is 1. The molecule has 1 unspecified atom stereocenters. The van der Waals surface area contributed by atoms with Crippen molar-refractivity contribution in [3.63, 3.8) is 0 Å². The lowest BCUT2D eigenvalue weighted by molar-refractivity contribution is -0.141. The Kier molecular flexibility index (Phi) is 5.56. The largest absolute Gasteiger partial charge is 0.481 e. The summed E-state index contributed by atoms with van der Waals surface area (Å²) in [7, 11) is 0. The number of carboxylic acids is 1. The third kappa shape index (κ3) is 4.70. The summed E-state index contributed by atoms with van der Waals surface area (Å²) < 4.78 is 0. The lowest BCUT2D eigenvalue weighted by Crippen LogP contribution is -2.42. The van der Waals surface area contributed by atoms with Gasteiger partial charge in [0.2, 0.25) is 0 Å². The Morgan fingerprint density at radius 3 is 2.43 bits per heavy atom. The summed E-state index contributed by atoms with van der Waals surface area (Å²) in [4.78, 5) is 36.1. The molecule has 1 aromatic carbocycles. The molecular weight excluding hydrogens is 298 g/mol. The minimum absolute atomic E-state index is 0.189. The minimum atomic E-state index is -0.870. The molecule has 1 aliphatic heterocycles. The van der Waals surface area contributed by atoms with E-state index in [-0.39, 0.29) is 18.5 Å². The first-order chi connectivity index (χ1) is 11.0. The maximum absolute atomic E-state index is 11.9. The second-order valence-corrected chi connectivity index (χ2v) is 5.62. The van der Waals surface area contributed by atoms with E-state index in [9.17, 15) is 14.4 Å². The normalized spacial score (nSPS) is 16.9. The summed E-state index contributed by atoms with van der Waals surface area (Å²) in [6.45, 7) is 3.24. The van der Waals surface area contributed by atoms with Crippen molar-refractivity contribution in [2.75, 3.05) is 26.2 Å². The molecule has 0 aromatic heterocycles. The zero-order valence-electron chi connectivity index (χ0n) is 13.0. The van der Waals surface area contributed by atoms with Crippen molar-refractivity contribution in [2.45, 2.75) is 13.3 Å². The molecular formula is C16H21N3O4. The predicted molar refractivity (Wildman–Crippen MR) is 84.2 cm³/mol. The molecule has 0 bridgehead atoms. The Morgan fingerprint density at radius 2 is 1.83 bits per heavy atom. The van der Waals surface area contributed by atoms with E-state index in [1.54, 1.807) is 12.1 Å². The third-order valence-electron chi connectivity index (χ3n) is 3.83. The first-order valence-corrected chi connectivity index (χ1v) is 7.58. The van der Waals surface area contributed by atoms with Crippen LogP contribution in [0.15, 0.2) is 24.3 Å². The quantitative estimate of drug-likeness (QED) is 0.700. The standard InChI is InChI=1S/C16H21N3O4/c1-11-2-4-12(5-3-11)14(20)17-7-8-18-16(23)19-9-6-13(10-19)15(21)22/h2-5,13H,6-10H2,1H3,(H,17,20)(H,18,23)(H,21,22). The van der Waals surface area contributed by atoms with Crippen molar-refractivity contribution in [1.29, 1.82) is 0 Å². The number of carbonyl (C=O) groups is 3. The van der Waals surface area contributed by atoms with Crippen LogP contribution in [0.3, 0.4) is 0 Å². The van der Waals surface area contributed by atoms with E-state index >= 15 is 0 Å². The van der Waals surface area contributed by atoms with E-state index in [2.05, 4.69) is 10.6 Å². The van der Waals surface area contributed by atoms with Crippen LogP contribution in [0.2, 0.25) is 0 Å². The average molecular weight is 319 g/mol. The molecule has 23 heavy (non-hydrogen) atoms. The number of nitrogens with zero attached hydrogens (tertiary/aromatic N) is 1. The second kappa shape index (κ2) is 7.62. The van der Waals surface area contributed by atoms with Crippen LogP contribution in [0, 0.1) is 12.8 Å². The van der Waals surface area contributed by atoms with Crippen LogP contribution in [0.4, 0.5) is 4.79 Å². The molecule has 1 saturated heterocycles. The second-order valence-electron chi connectivity index (χ2n) is 5.62. The molecule has 0 spiro atoms. The molecule has 0 saturated carbocycles. The fourth-order valence-electron chi connectivity index (χ4n) is 2.41. The Hall–Kier alpha value is -2.57. The van der Waals surface area contributed by atoms with Gasteiger partial charge in [0.1, 0.15) is 0 Å². The number of nitrogens with one attached hydrogen (secondary N) is 2. The first-order valence-electron chi connectivity index (χ1n) is 7.58. The predicted octanol–water partition coefficient (Wildman–Crippen LogP) is 0.841. The van der Waals surface area contributed by atoms with Gasteiger partial charge in [-0.25, -0.2) is 4.79 Å². The Balaban J connectivity index is 1.67. The van der Waals surface area contributed by atoms with Crippen LogP contribution in [0.1, 0.15) is 22.3 Å². The number of amides is 3. The van der Waals surface area contributed by atoms with Crippen molar-refractivity contribution >= 4 is 17.9 Å². The van der Waals surface area contributed by atoms with Crippen LogP contribution < -0.4 is 10.6 Å². The van der Waals surface area contributed by atoms with Gasteiger partial charge >= 0.3 is 12.0 Å². The van der Waals surface area contributed by atoms with E-state index in [0.717, 1.165) is 5.56 Å². The highest BCUT2D eigenvalue weighted by molar-refractivity contribution is 5.94. The number of carboxylic acid groups (broad SMARTS) is 1. The van der Waals surface area contributed by atoms with E-state index in [4.69, 9.17) is 5.11 Å². The molecule has 1 aromatic rings. The molecule has 3 N–H and O–H groups in total. The van der Waals surface area contributed by atoms with Gasteiger partial charge < -0.3 is 20.6 Å². The van der Waals surface area contributed by atoms with Crippen LogP contribution in [-0.2, 0) is 4.79 Å². The van der Waals surface area contributed by atoms with Gasteiger partial charge in [0, 0.05) is 31.7 Å². The number of hydrogen-bond donors (Lipinski definition) is 3. The van der Waals surface area contributed by atoms with Gasteiger partial charge in [-0.1, -0.05) is 17.7 Å². The molecule has 3 amide bonds. The summed E-state index contributed by atoms with van der Waals surface area (Å²) in [6, 6.07) is 6.93. The fourth-order valence-corrected chi connectivity index (χ4v) is 2.41. The molecule has 0 aliphatic carbocycles. The Bertz CT molecular complexity index is 585. The van der Waals surface area contributed by atoms with Crippen LogP contribution in [0.5, 0.6) is 0 Å². The highest BCUT2D eigenvalue weighted by atomic mass is 16.4. The van der Waals surface area contributed by atoms with Gasteiger partial charge in [-0.05, 0) is 25.5 Å². The number of hydrogen-bond acceptors (Lipinski definition) is 3. The van der Waals surface area contributed by atoms with Gasteiger partial charge in [0.15, 0.2) is 0 Å². The van der Waals surface area contributed by atoms with E-state index in [1.165, 1.54) is 4.90 Å². The molecule has 2 rings (SSSR count).